The minimum atomic E-state index is 0.944. The van der Waals surface area contributed by atoms with Gasteiger partial charge in [-0.1, -0.05) is 0 Å². The minimum absolute atomic E-state index is 0.944. The van der Waals surface area contributed by atoms with Crippen LogP contribution < -0.4 is 4.74 Å². The molecule has 1 aliphatic heterocycles. The van der Waals surface area contributed by atoms with Gasteiger partial charge in [0.2, 0.25) is 0 Å². The molecule has 1 aliphatic carbocycles. The zero-order chi connectivity index (χ0) is 12.8. The van der Waals surface area contributed by atoms with Gasteiger partial charge in [0, 0.05) is 5.69 Å². The van der Waals surface area contributed by atoms with Crippen molar-refractivity contribution in [1.29, 1.82) is 0 Å². The molecule has 0 fully saturated rings. The molecule has 98 valence electrons. The van der Waals surface area contributed by atoms with Crippen LogP contribution in [0.1, 0.15) is 35.4 Å². The first-order valence-electron chi connectivity index (χ1n) is 7.14. The molecule has 2 aromatic rings. The summed E-state index contributed by atoms with van der Waals surface area (Å²) < 4.78 is 7.51. The number of ether oxygens (including phenoxy) is 1. The van der Waals surface area contributed by atoms with Crippen molar-refractivity contribution in [3.8, 4) is 11.4 Å². The Morgan fingerprint density at radius 2 is 2.00 bits per heavy atom. The molecule has 2 aliphatic rings. The van der Waals surface area contributed by atoms with Crippen LogP contribution in [0.5, 0.6) is 5.75 Å². The molecule has 3 heteroatoms. The van der Waals surface area contributed by atoms with Crippen LogP contribution in [0, 0.1) is 0 Å². The summed E-state index contributed by atoms with van der Waals surface area (Å²) in [7, 11) is 1.72. The third kappa shape index (κ3) is 1.61. The standard InChI is InChI=1S/C16H18N2O/c1-19-12-7-9-15-11(10-12)6-8-16-13-4-2-3-5-14(13)17-18(15)16/h7,9-10H,2-6,8H2,1H3. The first-order chi connectivity index (χ1) is 9.36. The third-order valence-corrected chi connectivity index (χ3v) is 4.41. The lowest BCUT2D eigenvalue weighted by atomic mass is 9.92. The van der Waals surface area contributed by atoms with E-state index in [1.54, 1.807) is 7.11 Å². The number of nitrogens with zero attached hydrogens (tertiary/aromatic N) is 2. The van der Waals surface area contributed by atoms with Crippen LogP contribution in [0.2, 0.25) is 0 Å². The van der Waals surface area contributed by atoms with Gasteiger partial charge in [0.05, 0.1) is 18.5 Å². The van der Waals surface area contributed by atoms with Gasteiger partial charge in [0.1, 0.15) is 5.75 Å². The zero-order valence-corrected chi connectivity index (χ0v) is 11.3. The molecule has 0 bridgehead atoms. The Kier molecular flexibility index (Phi) is 2.40. The molecular weight excluding hydrogens is 236 g/mol. The van der Waals surface area contributed by atoms with Crippen LogP contribution in [0.3, 0.4) is 0 Å². The Labute approximate surface area is 113 Å². The lowest BCUT2D eigenvalue weighted by Crippen LogP contribution is -2.14. The third-order valence-electron chi connectivity index (χ3n) is 4.41. The molecular formula is C16H18N2O. The van der Waals surface area contributed by atoms with Crippen molar-refractivity contribution in [2.45, 2.75) is 38.5 Å². The fraction of sp³-hybridized carbons (Fsp3) is 0.438. The molecule has 0 unspecified atom stereocenters. The predicted molar refractivity (Wildman–Crippen MR) is 74.2 cm³/mol. The van der Waals surface area contributed by atoms with Gasteiger partial charge >= 0.3 is 0 Å². The van der Waals surface area contributed by atoms with E-state index in [1.807, 2.05) is 6.07 Å². The number of aromatic nitrogens is 2. The van der Waals surface area contributed by atoms with Gasteiger partial charge in [0.15, 0.2) is 0 Å². The quantitative estimate of drug-likeness (QED) is 0.782. The summed E-state index contributed by atoms with van der Waals surface area (Å²) >= 11 is 0. The second-order valence-electron chi connectivity index (χ2n) is 5.49. The highest BCUT2D eigenvalue weighted by Gasteiger charge is 2.25. The minimum Gasteiger partial charge on any atom is -0.497 e. The first-order valence-corrected chi connectivity index (χ1v) is 7.14. The van der Waals surface area contributed by atoms with Crippen LogP contribution >= 0.6 is 0 Å². The van der Waals surface area contributed by atoms with Gasteiger partial charge in [-0.05, 0) is 67.9 Å². The highest BCUT2D eigenvalue weighted by Crippen LogP contribution is 2.33. The van der Waals surface area contributed by atoms with Gasteiger partial charge < -0.3 is 4.74 Å². The number of benzene rings is 1. The molecule has 3 nitrogen and oxygen atoms in total. The zero-order valence-electron chi connectivity index (χ0n) is 11.3. The maximum Gasteiger partial charge on any atom is 0.119 e. The van der Waals surface area contributed by atoms with Gasteiger partial charge in [-0.2, -0.15) is 5.10 Å². The molecule has 0 N–H and O–H groups in total. The van der Waals surface area contributed by atoms with E-state index >= 15 is 0 Å². The van der Waals surface area contributed by atoms with E-state index in [4.69, 9.17) is 9.84 Å². The number of rotatable bonds is 1. The van der Waals surface area contributed by atoms with Crippen molar-refractivity contribution >= 4 is 0 Å². The Hall–Kier alpha value is -1.77. The summed E-state index contributed by atoms with van der Waals surface area (Å²) in [5, 5.41) is 4.86. The lowest BCUT2D eigenvalue weighted by molar-refractivity contribution is 0.414. The van der Waals surface area contributed by atoms with E-state index in [9.17, 15) is 0 Å². The maximum absolute atomic E-state index is 5.32. The normalized spacial score (nSPS) is 16.5. The molecule has 2 heterocycles. The van der Waals surface area contributed by atoms with E-state index in [-0.39, 0.29) is 0 Å². The topological polar surface area (TPSA) is 27.1 Å². The molecule has 0 atom stereocenters. The molecule has 0 radical (unpaired) electrons. The highest BCUT2D eigenvalue weighted by molar-refractivity contribution is 5.50. The Morgan fingerprint density at radius 3 is 2.89 bits per heavy atom. The van der Waals surface area contributed by atoms with Gasteiger partial charge in [-0.15, -0.1) is 0 Å². The SMILES string of the molecule is COc1ccc2c(c1)CCc1c3c(nn1-2)CCCC3. The van der Waals surface area contributed by atoms with Gasteiger partial charge in [-0.3, -0.25) is 0 Å². The number of methoxy groups -OCH3 is 1. The van der Waals surface area contributed by atoms with Crippen molar-refractivity contribution in [3.05, 3.63) is 40.7 Å². The molecule has 1 aromatic carbocycles. The summed E-state index contributed by atoms with van der Waals surface area (Å²) in [6.45, 7) is 0. The first kappa shape index (κ1) is 11.1. The fourth-order valence-electron chi connectivity index (χ4n) is 3.42. The molecule has 0 saturated heterocycles. The van der Waals surface area contributed by atoms with E-state index in [0.717, 1.165) is 25.0 Å². The molecule has 0 spiro atoms. The number of aryl methyl sites for hydroxylation is 2. The summed E-state index contributed by atoms with van der Waals surface area (Å²) in [6.07, 6.45) is 7.20. The lowest BCUT2D eigenvalue weighted by Gasteiger charge is -2.20. The highest BCUT2D eigenvalue weighted by atomic mass is 16.5. The Morgan fingerprint density at radius 1 is 1.11 bits per heavy atom. The maximum atomic E-state index is 5.32. The second kappa shape index (κ2) is 4.12. The Balaban J connectivity index is 1.88. The van der Waals surface area contributed by atoms with Crippen molar-refractivity contribution in [2.24, 2.45) is 0 Å². The van der Waals surface area contributed by atoms with Crippen LogP contribution in [0.25, 0.3) is 5.69 Å². The van der Waals surface area contributed by atoms with Crippen molar-refractivity contribution < 1.29 is 4.74 Å². The number of hydrogen-bond donors (Lipinski definition) is 0. The molecule has 0 saturated carbocycles. The van der Waals surface area contributed by atoms with Crippen molar-refractivity contribution in [3.63, 3.8) is 0 Å². The summed E-state index contributed by atoms with van der Waals surface area (Å²) in [5.74, 6) is 0.944. The van der Waals surface area contributed by atoms with Gasteiger partial charge in [-0.25, -0.2) is 4.68 Å². The van der Waals surface area contributed by atoms with E-state index in [2.05, 4.69) is 16.8 Å². The smallest absolute Gasteiger partial charge is 0.119 e. The molecule has 0 amide bonds. The molecule has 1 aromatic heterocycles. The van der Waals surface area contributed by atoms with Crippen molar-refractivity contribution in [1.82, 2.24) is 9.78 Å². The largest absolute Gasteiger partial charge is 0.497 e. The van der Waals surface area contributed by atoms with E-state index in [0.29, 0.717) is 0 Å². The van der Waals surface area contributed by atoms with Crippen LogP contribution in [-0.2, 0) is 25.7 Å². The predicted octanol–water partition coefficient (Wildman–Crippen LogP) is 2.86. The van der Waals surface area contributed by atoms with Crippen LogP contribution in [-0.4, -0.2) is 16.9 Å². The number of fused-ring (bicyclic) bond motifs is 5. The molecule has 19 heavy (non-hydrogen) atoms. The number of hydrogen-bond acceptors (Lipinski definition) is 2. The monoisotopic (exact) mass is 254 g/mol. The Bertz CT molecular complexity index is 642. The van der Waals surface area contributed by atoms with E-state index < -0.39 is 0 Å². The van der Waals surface area contributed by atoms with Crippen molar-refractivity contribution in [2.75, 3.05) is 7.11 Å². The average molecular weight is 254 g/mol. The fourth-order valence-corrected chi connectivity index (χ4v) is 3.42. The second-order valence-corrected chi connectivity index (χ2v) is 5.49. The summed E-state index contributed by atoms with van der Waals surface area (Å²) in [6, 6.07) is 6.34. The van der Waals surface area contributed by atoms with E-state index in [1.165, 1.54) is 47.5 Å². The summed E-state index contributed by atoms with van der Waals surface area (Å²) in [4.78, 5) is 0. The average Bonchev–Trinajstić information content (AvgIpc) is 2.85. The van der Waals surface area contributed by atoms with Gasteiger partial charge in [0.25, 0.3) is 0 Å². The van der Waals surface area contributed by atoms with Crippen LogP contribution in [0.4, 0.5) is 0 Å². The summed E-state index contributed by atoms with van der Waals surface area (Å²) in [5.41, 5.74) is 6.92. The van der Waals surface area contributed by atoms with Crippen LogP contribution in [0.15, 0.2) is 18.2 Å². The molecule has 4 rings (SSSR count).